The Morgan fingerprint density at radius 1 is 0.833 bits per heavy atom. The Balaban J connectivity index is 1.60. The van der Waals surface area contributed by atoms with Gasteiger partial charge in [0.1, 0.15) is 0 Å². The Kier molecular flexibility index (Phi) is 9.61. The SMILES string of the molecule is CC/C=C\OCC1CCC([C@H]2CC[C@H](/C=C/CCCC)CC2)CC1. The fourth-order valence-electron chi connectivity index (χ4n) is 4.60. The first kappa shape index (κ1) is 19.6. The number of unbranched alkanes of at least 4 members (excludes halogenated alkanes) is 2. The highest BCUT2D eigenvalue weighted by atomic mass is 16.5. The van der Waals surface area contributed by atoms with Crippen molar-refractivity contribution in [1.29, 1.82) is 0 Å². The molecule has 0 bridgehead atoms. The molecule has 0 radical (unpaired) electrons. The highest BCUT2D eigenvalue weighted by Gasteiger charge is 2.30. The molecule has 0 unspecified atom stereocenters. The Morgan fingerprint density at radius 3 is 2.12 bits per heavy atom. The topological polar surface area (TPSA) is 9.23 Å². The van der Waals surface area contributed by atoms with Crippen LogP contribution in [0.1, 0.15) is 90.9 Å². The molecule has 2 aliphatic carbocycles. The summed E-state index contributed by atoms with van der Waals surface area (Å²) in [7, 11) is 0. The van der Waals surface area contributed by atoms with Crippen LogP contribution in [0.2, 0.25) is 0 Å². The van der Waals surface area contributed by atoms with Crippen LogP contribution in [0, 0.1) is 23.7 Å². The van der Waals surface area contributed by atoms with E-state index in [2.05, 4.69) is 32.1 Å². The molecule has 138 valence electrons. The van der Waals surface area contributed by atoms with Gasteiger partial charge in [-0.15, -0.1) is 0 Å². The Labute approximate surface area is 150 Å². The van der Waals surface area contributed by atoms with E-state index in [1.54, 1.807) is 0 Å². The van der Waals surface area contributed by atoms with Gasteiger partial charge >= 0.3 is 0 Å². The number of ether oxygens (including phenoxy) is 1. The molecular formula is C23H40O. The molecule has 0 aromatic heterocycles. The second-order valence-corrected chi connectivity index (χ2v) is 8.14. The van der Waals surface area contributed by atoms with Crippen molar-refractivity contribution < 1.29 is 4.74 Å². The van der Waals surface area contributed by atoms with Gasteiger partial charge in [-0.2, -0.15) is 0 Å². The first-order valence-electron chi connectivity index (χ1n) is 10.8. The average Bonchev–Trinajstić information content (AvgIpc) is 2.64. The molecule has 2 fully saturated rings. The summed E-state index contributed by atoms with van der Waals surface area (Å²) in [4.78, 5) is 0. The maximum atomic E-state index is 5.67. The minimum Gasteiger partial charge on any atom is -0.501 e. The normalized spacial score (nSPS) is 31.8. The third kappa shape index (κ3) is 7.03. The van der Waals surface area contributed by atoms with Gasteiger partial charge in [0.25, 0.3) is 0 Å². The predicted octanol–water partition coefficient (Wildman–Crippen LogP) is 7.29. The molecule has 2 rings (SSSR count). The fourth-order valence-corrected chi connectivity index (χ4v) is 4.60. The van der Waals surface area contributed by atoms with Crippen molar-refractivity contribution in [3.8, 4) is 0 Å². The summed E-state index contributed by atoms with van der Waals surface area (Å²) in [5.74, 6) is 3.72. The van der Waals surface area contributed by atoms with E-state index in [9.17, 15) is 0 Å². The van der Waals surface area contributed by atoms with Crippen LogP contribution in [-0.4, -0.2) is 6.61 Å². The molecule has 0 amide bonds. The highest BCUT2D eigenvalue weighted by molar-refractivity contribution is 4.92. The smallest absolute Gasteiger partial charge is 0.0901 e. The van der Waals surface area contributed by atoms with Crippen LogP contribution in [0.25, 0.3) is 0 Å². The number of rotatable bonds is 9. The van der Waals surface area contributed by atoms with Crippen LogP contribution in [-0.2, 0) is 4.74 Å². The van der Waals surface area contributed by atoms with Crippen molar-refractivity contribution in [2.45, 2.75) is 90.9 Å². The summed E-state index contributed by atoms with van der Waals surface area (Å²) in [6.45, 7) is 5.38. The summed E-state index contributed by atoms with van der Waals surface area (Å²) < 4.78 is 5.67. The van der Waals surface area contributed by atoms with Crippen LogP contribution in [0.4, 0.5) is 0 Å². The number of allylic oxidation sites excluding steroid dienone is 3. The zero-order valence-corrected chi connectivity index (χ0v) is 16.2. The summed E-state index contributed by atoms with van der Waals surface area (Å²) in [5, 5.41) is 0. The van der Waals surface area contributed by atoms with Crippen LogP contribution in [0.3, 0.4) is 0 Å². The molecule has 0 aliphatic heterocycles. The van der Waals surface area contributed by atoms with Gasteiger partial charge in [0.2, 0.25) is 0 Å². The van der Waals surface area contributed by atoms with Gasteiger partial charge in [-0.3, -0.25) is 0 Å². The molecular weight excluding hydrogens is 292 g/mol. The first-order chi connectivity index (χ1) is 11.8. The van der Waals surface area contributed by atoms with Crippen molar-refractivity contribution in [3.05, 3.63) is 24.5 Å². The Hall–Kier alpha value is -0.720. The maximum Gasteiger partial charge on any atom is 0.0901 e. The van der Waals surface area contributed by atoms with Crippen molar-refractivity contribution in [3.63, 3.8) is 0 Å². The van der Waals surface area contributed by atoms with Gasteiger partial charge in [-0.05, 0) is 87.9 Å². The molecule has 2 aliphatic rings. The molecule has 0 N–H and O–H groups in total. The van der Waals surface area contributed by atoms with E-state index in [1.165, 1.54) is 70.6 Å². The highest BCUT2D eigenvalue weighted by Crippen LogP contribution is 2.41. The van der Waals surface area contributed by atoms with Crippen LogP contribution >= 0.6 is 0 Å². The monoisotopic (exact) mass is 332 g/mol. The Bertz CT molecular complexity index is 354. The second kappa shape index (κ2) is 11.8. The zero-order chi connectivity index (χ0) is 17.0. The van der Waals surface area contributed by atoms with E-state index in [0.717, 1.165) is 36.7 Å². The summed E-state index contributed by atoms with van der Waals surface area (Å²) >= 11 is 0. The van der Waals surface area contributed by atoms with Crippen molar-refractivity contribution in [2.75, 3.05) is 6.61 Å². The molecule has 24 heavy (non-hydrogen) atoms. The number of hydrogen-bond acceptors (Lipinski definition) is 1. The first-order valence-corrected chi connectivity index (χ1v) is 10.8. The van der Waals surface area contributed by atoms with Gasteiger partial charge in [0.15, 0.2) is 0 Å². The molecule has 0 atom stereocenters. The van der Waals surface area contributed by atoms with E-state index >= 15 is 0 Å². The lowest BCUT2D eigenvalue weighted by Crippen LogP contribution is -2.26. The minimum absolute atomic E-state index is 0.806. The quantitative estimate of drug-likeness (QED) is 0.245. The van der Waals surface area contributed by atoms with Gasteiger partial charge < -0.3 is 4.74 Å². The lowest BCUT2D eigenvalue weighted by Gasteiger charge is -2.37. The fraction of sp³-hybridized carbons (Fsp3) is 0.826. The van der Waals surface area contributed by atoms with Crippen LogP contribution in [0.5, 0.6) is 0 Å². The van der Waals surface area contributed by atoms with Crippen LogP contribution < -0.4 is 0 Å². The van der Waals surface area contributed by atoms with E-state index in [1.807, 2.05) is 6.26 Å². The summed E-state index contributed by atoms with van der Waals surface area (Å²) in [6, 6.07) is 0. The largest absolute Gasteiger partial charge is 0.501 e. The molecule has 0 aromatic carbocycles. The predicted molar refractivity (Wildman–Crippen MR) is 105 cm³/mol. The molecule has 2 saturated carbocycles. The zero-order valence-electron chi connectivity index (χ0n) is 16.2. The lowest BCUT2D eigenvalue weighted by atomic mass is 9.69. The van der Waals surface area contributed by atoms with Gasteiger partial charge in [-0.25, -0.2) is 0 Å². The third-order valence-electron chi connectivity index (χ3n) is 6.27. The summed E-state index contributed by atoms with van der Waals surface area (Å²) in [5.41, 5.74) is 0. The second-order valence-electron chi connectivity index (χ2n) is 8.14. The summed E-state index contributed by atoms with van der Waals surface area (Å²) in [6.07, 6.45) is 25.6. The standard InChI is InChI=1S/C23H40O/c1-3-5-7-8-9-20-10-14-22(15-11-20)23-16-12-21(13-17-23)19-24-18-6-4-2/h6,8-9,18,20-23H,3-5,7,10-17,19H2,1-2H3/b9-8+,18-6-/t20-,21?,22-,23?. The molecule has 0 heterocycles. The third-order valence-corrected chi connectivity index (χ3v) is 6.27. The minimum atomic E-state index is 0.806. The Morgan fingerprint density at radius 2 is 1.50 bits per heavy atom. The van der Waals surface area contributed by atoms with Gasteiger partial charge in [0, 0.05) is 0 Å². The molecule has 0 spiro atoms. The van der Waals surface area contributed by atoms with Gasteiger partial charge in [0.05, 0.1) is 12.9 Å². The van der Waals surface area contributed by atoms with Crippen molar-refractivity contribution in [2.24, 2.45) is 23.7 Å². The van der Waals surface area contributed by atoms with E-state index in [4.69, 9.17) is 4.74 Å². The van der Waals surface area contributed by atoms with E-state index in [-0.39, 0.29) is 0 Å². The van der Waals surface area contributed by atoms with Gasteiger partial charge in [-0.1, -0.05) is 44.9 Å². The average molecular weight is 333 g/mol. The van der Waals surface area contributed by atoms with E-state index < -0.39 is 0 Å². The number of hydrogen-bond donors (Lipinski definition) is 0. The molecule has 1 nitrogen and oxygen atoms in total. The lowest BCUT2D eigenvalue weighted by molar-refractivity contribution is 0.113. The maximum absolute atomic E-state index is 5.67. The molecule has 1 heteroatoms. The molecule has 0 saturated heterocycles. The van der Waals surface area contributed by atoms with Crippen molar-refractivity contribution >= 4 is 0 Å². The van der Waals surface area contributed by atoms with E-state index in [0.29, 0.717) is 0 Å². The molecule has 0 aromatic rings. The van der Waals surface area contributed by atoms with Crippen LogP contribution in [0.15, 0.2) is 24.5 Å². The van der Waals surface area contributed by atoms with Crippen molar-refractivity contribution in [1.82, 2.24) is 0 Å².